The average Bonchev–Trinajstić information content (AvgIpc) is 2.97. The minimum atomic E-state index is 0.465. The summed E-state index contributed by atoms with van der Waals surface area (Å²) in [6.45, 7) is 6.04. The molecule has 0 bridgehead atoms. The summed E-state index contributed by atoms with van der Waals surface area (Å²) in [5.74, 6) is 4.12. The molecule has 0 radical (unpaired) electrons. The Bertz CT molecular complexity index is 345. The first kappa shape index (κ1) is 14.0. The third-order valence-electron chi connectivity index (χ3n) is 2.97. The zero-order valence-electron chi connectivity index (χ0n) is 11.3. The zero-order valence-corrected chi connectivity index (χ0v) is 12.1. The zero-order chi connectivity index (χ0) is 12.8. The maximum Gasteiger partial charge on any atom is 0.118 e. The van der Waals surface area contributed by atoms with Crippen LogP contribution in [0.2, 0.25) is 0 Å². The van der Waals surface area contributed by atoms with Gasteiger partial charge in [-0.05, 0) is 25.0 Å². The largest absolute Gasteiger partial charge is 0.464 e. The van der Waals surface area contributed by atoms with E-state index in [1.54, 1.807) is 0 Å². The highest BCUT2D eigenvalue weighted by molar-refractivity contribution is 7.98. The van der Waals surface area contributed by atoms with Crippen LogP contribution in [0.25, 0.3) is 0 Å². The number of furan rings is 1. The molecule has 4 heteroatoms. The number of thioether (sulfide) groups is 1. The van der Waals surface area contributed by atoms with Crippen molar-refractivity contribution in [3.8, 4) is 0 Å². The molecule has 1 aromatic rings. The molecule has 0 spiro atoms. The fraction of sp³-hybridized carbons (Fsp3) is 0.714. The molecular formula is C14H23NO2S. The van der Waals surface area contributed by atoms with Gasteiger partial charge in [0.2, 0.25) is 0 Å². The van der Waals surface area contributed by atoms with Gasteiger partial charge in [-0.1, -0.05) is 13.8 Å². The molecular weight excluding hydrogens is 246 g/mol. The van der Waals surface area contributed by atoms with Crippen LogP contribution in [0.4, 0.5) is 0 Å². The van der Waals surface area contributed by atoms with Gasteiger partial charge in [0.15, 0.2) is 0 Å². The monoisotopic (exact) mass is 269 g/mol. The summed E-state index contributed by atoms with van der Waals surface area (Å²) in [6.07, 6.45) is 2.90. The number of hydrogen-bond donors (Lipinski definition) is 1. The van der Waals surface area contributed by atoms with E-state index >= 15 is 0 Å². The fourth-order valence-electron chi connectivity index (χ4n) is 1.97. The van der Waals surface area contributed by atoms with Crippen molar-refractivity contribution in [2.45, 2.75) is 51.1 Å². The quantitative estimate of drug-likeness (QED) is 0.824. The second-order valence-corrected chi connectivity index (χ2v) is 6.08. The molecule has 1 fully saturated rings. The molecule has 0 aromatic carbocycles. The predicted octanol–water partition coefficient (Wildman–Crippen LogP) is 3.19. The van der Waals surface area contributed by atoms with Gasteiger partial charge in [-0.15, -0.1) is 0 Å². The summed E-state index contributed by atoms with van der Waals surface area (Å²) in [4.78, 5) is 0. The summed E-state index contributed by atoms with van der Waals surface area (Å²) >= 11 is 1.90. The van der Waals surface area contributed by atoms with Crippen LogP contribution < -0.4 is 5.32 Å². The Morgan fingerprint density at radius 2 is 2.22 bits per heavy atom. The second-order valence-electron chi connectivity index (χ2n) is 5.05. The van der Waals surface area contributed by atoms with Crippen molar-refractivity contribution < 1.29 is 9.15 Å². The van der Waals surface area contributed by atoms with Gasteiger partial charge in [-0.2, -0.15) is 11.8 Å². The van der Waals surface area contributed by atoms with Crippen molar-refractivity contribution in [3.05, 3.63) is 23.7 Å². The maximum atomic E-state index is 5.77. The van der Waals surface area contributed by atoms with E-state index in [0.29, 0.717) is 12.1 Å². The smallest absolute Gasteiger partial charge is 0.118 e. The highest BCUT2D eigenvalue weighted by atomic mass is 32.2. The molecule has 3 nitrogen and oxygen atoms in total. The molecule has 1 aliphatic heterocycles. The van der Waals surface area contributed by atoms with Gasteiger partial charge in [0.1, 0.15) is 11.5 Å². The molecule has 2 heterocycles. The first-order valence-corrected chi connectivity index (χ1v) is 7.90. The van der Waals surface area contributed by atoms with E-state index in [1.807, 2.05) is 11.8 Å². The van der Waals surface area contributed by atoms with Crippen LogP contribution in [0.15, 0.2) is 16.5 Å². The molecule has 2 rings (SSSR count). The van der Waals surface area contributed by atoms with Crippen LogP contribution in [0.3, 0.4) is 0 Å². The SMILES string of the molecule is CC(C)NCc1ccc(CSCC2CCCO2)o1. The molecule has 0 saturated carbocycles. The lowest BCUT2D eigenvalue weighted by atomic mass is 10.3. The van der Waals surface area contributed by atoms with E-state index in [4.69, 9.17) is 9.15 Å². The fourth-order valence-corrected chi connectivity index (χ4v) is 2.97. The maximum absolute atomic E-state index is 5.77. The Kier molecular flexibility index (Phi) is 5.60. The van der Waals surface area contributed by atoms with Crippen molar-refractivity contribution in [2.75, 3.05) is 12.4 Å². The van der Waals surface area contributed by atoms with Gasteiger partial charge in [0, 0.05) is 18.4 Å². The molecule has 1 aliphatic rings. The van der Waals surface area contributed by atoms with Crippen molar-refractivity contribution >= 4 is 11.8 Å². The summed E-state index contributed by atoms with van der Waals surface area (Å²) in [5.41, 5.74) is 0. The summed E-state index contributed by atoms with van der Waals surface area (Å²) < 4.78 is 11.4. The molecule has 102 valence electrons. The number of hydrogen-bond acceptors (Lipinski definition) is 4. The van der Waals surface area contributed by atoms with Crippen LogP contribution in [0.1, 0.15) is 38.2 Å². The summed E-state index contributed by atoms with van der Waals surface area (Å²) in [5, 5.41) is 3.36. The Morgan fingerprint density at radius 3 is 2.94 bits per heavy atom. The van der Waals surface area contributed by atoms with Crippen LogP contribution in [0.5, 0.6) is 0 Å². The van der Waals surface area contributed by atoms with Crippen molar-refractivity contribution in [3.63, 3.8) is 0 Å². The highest BCUT2D eigenvalue weighted by Crippen LogP contribution is 2.21. The molecule has 1 N–H and O–H groups in total. The van der Waals surface area contributed by atoms with Crippen LogP contribution >= 0.6 is 11.8 Å². The Balaban J connectivity index is 1.66. The molecule has 1 saturated heterocycles. The number of nitrogens with one attached hydrogen (secondary N) is 1. The molecule has 0 amide bonds. The molecule has 1 unspecified atom stereocenters. The van der Waals surface area contributed by atoms with Crippen LogP contribution in [-0.2, 0) is 17.0 Å². The van der Waals surface area contributed by atoms with Crippen LogP contribution in [0, 0.1) is 0 Å². The third-order valence-corrected chi connectivity index (χ3v) is 4.07. The van der Waals surface area contributed by atoms with Gasteiger partial charge in [0.05, 0.1) is 18.4 Å². The topological polar surface area (TPSA) is 34.4 Å². The number of ether oxygens (including phenoxy) is 1. The average molecular weight is 269 g/mol. The Labute approximate surface area is 114 Å². The van der Waals surface area contributed by atoms with Gasteiger partial charge in [-0.25, -0.2) is 0 Å². The normalized spacial score (nSPS) is 19.8. The molecule has 1 aromatic heterocycles. The van der Waals surface area contributed by atoms with E-state index in [2.05, 4.69) is 31.3 Å². The Hall–Kier alpha value is -0.450. The molecule has 0 aliphatic carbocycles. The predicted molar refractivity (Wildman–Crippen MR) is 75.8 cm³/mol. The lowest BCUT2D eigenvalue weighted by molar-refractivity contribution is 0.129. The lowest BCUT2D eigenvalue weighted by Gasteiger charge is -2.07. The number of rotatable bonds is 7. The van der Waals surface area contributed by atoms with Gasteiger partial charge in [-0.3, -0.25) is 0 Å². The first-order valence-electron chi connectivity index (χ1n) is 6.74. The highest BCUT2D eigenvalue weighted by Gasteiger charge is 2.15. The van der Waals surface area contributed by atoms with E-state index in [0.717, 1.165) is 36.2 Å². The third kappa shape index (κ3) is 4.67. The molecule has 18 heavy (non-hydrogen) atoms. The van der Waals surface area contributed by atoms with Gasteiger partial charge in [0.25, 0.3) is 0 Å². The first-order chi connectivity index (χ1) is 8.74. The van der Waals surface area contributed by atoms with Crippen LogP contribution in [-0.4, -0.2) is 24.5 Å². The van der Waals surface area contributed by atoms with E-state index < -0.39 is 0 Å². The summed E-state index contributed by atoms with van der Waals surface area (Å²) in [6, 6.07) is 4.64. The summed E-state index contributed by atoms with van der Waals surface area (Å²) in [7, 11) is 0. The minimum Gasteiger partial charge on any atom is -0.464 e. The van der Waals surface area contributed by atoms with E-state index in [9.17, 15) is 0 Å². The van der Waals surface area contributed by atoms with E-state index in [-0.39, 0.29) is 0 Å². The van der Waals surface area contributed by atoms with E-state index in [1.165, 1.54) is 12.8 Å². The van der Waals surface area contributed by atoms with Gasteiger partial charge < -0.3 is 14.5 Å². The second kappa shape index (κ2) is 7.22. The Morgan fingerprint density at radius 1 is 1.39 bits per heavy atom. The molecule has 1 atom stereocenters. The lowest BCUT2D eigenvalue weighted by Crippen LogP contribution is -2.21. The van der Waals surface area contributed by atoms with Gasteiger partial charge >= 0.3 is 0 Å². The van der Waals surface area contributed by atoms with Crippen molar-refractivity contribution in [2.24, 2.45) is 0 Å². The standard InChI is InChI=1S/C14H23NO2S/c1-11(2)15-8-12-5-6-14(17-12)10-18-9-13-4-3-7-16-13/h5-6,11,13,15H,3-4,7-10H2,1-2H3. The minimum absolute atomic E-state index is 0.465. The van der Waals surface area contributed by atoms with Crippen molar-refractivity contribution in [1.29, 1.82) is 0 Å². The van der Waals surface area contributed by atoms with Crippen molar-refractivity contribution in [1.82, 2.24) is 5.32 Å².